The molecule has 2 atom stereocenters. The van der Waals surface area contributed by atoms with E-state index in [0.29, 0.717) is 11.5 Å². The number of guanidine groups is 1. The van der Waals surface area contributed by atoms with Gasteiger partial charge in [0.15, 0.2) is 5.96 Å². The van der Waals surface area contributed by atoms with Crippen molar-refractivity contribution in [3.8, 4) is 0 Å². The number of likely N-dealkylation sites (tertiary alicyclic amines) is 1. The zero-order chi connectivity index (χ0) is 16.4. The fraction of sp³-hybridized carbons (Fsp3) is 0.650. The number of benzene rings is 1. The molecule has 4 rings (SSSR count). The number of aliphatic imine (C=N–C) groups is 1. The van der Waals surface area contributed by atoms with Crippen molar-refractivity contribution < 1.29 is 4.74 Å². The summed E-state index contributed by atoms with van der Waals surface area (Å²) in [6, 6.07) is 11.4. The van der Waals surface area contributed by atoms with Crippen molar-refractivity contribution in [3.63, 3.8) is 0 Å². The molecule has 1 N–H and O–H groups in total. The van der Waals surface area contributed by atoms with Crippen molar-refractivity contribution in [2.24, 2.45) is 16.3 Å². The van der Waals surface area contributed by atoms with E-state index in [4.69, 9.17) is 4.74 Å². The summed E-state index contributed by atoms with van der Waals surface area (Å²) >= 11 is 0. The molecule has 130 valence electrons. The summed E-state index contributed by atoms with van der Waals surface area (Å²) in [6.45, 7) is 4.14. The van der Waals surface area contributed by atoms with Crippen molar-refractivity contribution in [2.75, 3.05) is 33.4 Å². The van der Waals surface area contributed by atoms with E-state index in [2.05, 4.69) is 45.5 Å². The first-order valence-corrected chi connectivity index (χ1v) is 9.38. The predicted molar refractivity (Wildman–Crippen MR) is 97.2 cm³/mol. The summed E-state index contributed by atoms with van der Waals surface area (Å²) in [4.78, 5) is 7.05. The molecule has 4 heteroatoms. The normalized spacial score (nSPS) is 29.0. The van der Waals surface area contributed by atoms with Crippen LogP contribution in [-0.4, -0.2) is 50.3 Å². The molecular formula is C20H29N3O. The Morgan fingerprint density at radius 3 is 2.79 bits per heavy atom. The van der Waals surface area contributed by atoms with Crippen LogP contribution in [0.4, 0.5) is 0 Å². The fourth-order valence-electron chi connectivity index (χ4n) is 4.36. The van der Waals surface area contributed by atoms with E-state index in [1.807, 2.05) is 7.05 Å². The highest BCUT2D eigenvalue weighted by molar-refractivity contribution is 5.81. The standard InChI is InChI=1S/C20H29N3O/c1-21-19(23-10-7-20(15-23)8-11-24-12-9-20)22-18-14-17(18)13-16-5-3-2-4-6-16/h2-6,17-18H,7-15H2,1H3,(H,21,22). The first-order valence-electron chi connectivity index (χ1n) is 9.38. The lowest BCUT2D eigenvalue weighted by molar-refractivity contribution is 0.0217. The summed E-state index contributed by atoms with van der Waals surface area (Å²) in [6.07, 6.45) is 6.15. The molecule has 0 radical (unpaired) electrons. The van der Waals surface area contributed by atoms with Crippen molar-refractivity contribution >= 4 is 5.96 Å². The van der Waals surface area contributed by atoms with Gasteiger partial charge in [-0.3, -0.25) is 4.99 Å². The molecule has 0 aromatic heterocycles. The van der Waals surface area contributed by atoms with Crippen LogP contribution in [0.2, 0.25) is 0 Å². The highest BCUT2D eigenvalue weighted by Crippen LogP contribution is 2.40. The first-order chi connectivity index (χ1) is 11.8. The maximum atomic E-state index is 5.56. The zero-order valence-electron chi connectivity index (χ0n) is 14.7. The SMILES string of the molecule is CN=C(NC1CC1Cc1ccccc1)N1CCC2(CCOCC2)C1. The Labute approximate surface area is 145 Å². The molecule has 2 saturated heterocycles. The third-order valence-electron chi connectivity index (χ3n) is 6.08. The molecule has 4 nitrogen and oxygen atoms in total. The molecule has 1 aliphatic carbocycles. The van der Waals surface area contributed by atoms with Crippen LogP contribution in [0.3, 0.4) is 0 Å². The van der Waals surface area contributed by atoms with Gasteiger partial charge in [0, 0.05) is 39.4 Å². The van der Waals surface area contributed by atoms with Gasteiger partial charge in [-0.2, -0.15) is 0 Å². The largest absolute Gasteiger partial charge is 0.381 e. The Hall–Kier alpha value is -1.55. The minimum Gasteiger partial charge on any atom is -0.381 e. The molecule has 2 unspecified atom stereocenters. The van der Waals surface area contributed by atoms with E-state index >= 15 is 0 Å². The molecule has 1 spiro atoms. The molecule has 24 heavy (non-hydrogen) atoms. The van der Waals surface area contributed by atoms with Crippen LogP contribution in [0.25, 0.3) is 0 Å². The van der Waals surface area contributed by atoms with E-state index in [-0.39, 0.29) is 0 Å². The number of hydrogen-bond donors (Lipinski definition) is 1. The Morgan fingerprint density at radius 1 is 1.25 bits per heavy atom. The van der Waals surface area contributed by atoms with Crippen LogP contribution >= 0.6 is 0 Å². The highest BCUT2D eigenvalue weighted by atomic mass is 16.5. The predicted octanol–water partition coefficient (Wildman–Crippen LogP) is 2.70. The summed E-state index contributed by atoms with van der Waals surface area (Å²) in [7, 11) is 1.92. The molecule has 1 aromatic rings. The number of nitrogens with zero attached hydrogens (tertiary/aromatic N) is 2. The van der Waals surface area contributed by atoms with Gasteiger partial charge in [0.1, 0.15) is 0 Å². The molecule has 3 fully saturated rings. The summed E-state index contributed by atoms with van der Waals surface area (Å²) < 4.78 is 5.56. The average Bonchev–Trinajstić information content (AvgIpc) is 3.23. The fourth-order valence-corrected chi connectivity index (χ4v) is 4.36. The van der Waals surface area contributed by atoms with Gasteiger partial charge >= 0.3 is 0 Å². The molecule has 2 aliphatic heterocycles. The summed E-state index contributed by atoms with van der Waals surface area (Å²) in [5, 5.41) is 3.72. The molecule has 0 amide bonds. The minimum atomic E-state index is 0.475. The maximum absolute atomic E-state index is 5.56. The van der Waals surface area contributed by atoms with Gasteiger partial charge in [0.05, 0.1) is 0 Å². The third kappa shape index (κ3) is 3.44. The summed E-state index contributed by atoms with van der Waals surface area (Å²) in [5.74, 6) is 1.86. The average molecular weight is 327 g/mol. The lowest BCUT2D eigenvalue weighted by Crippen LogP contribution is -2.43. The highest BCUT2D eigenvalue weighted by Gasteiger charge is 2.42. The second kappa shape index (κ2) is 6.75. The topological polar surface area (TPSA) is 36.9 Å². The lowest BCUT2D eigenvalue weighted by Gasteiger charge is -2.33. The molecule has 1 aromatic carbocycles. The van der Waals surface area contributed by atoms with Crippen LogP contribution in [-0.2, 0) is 11.2 Å². The molecule has 3 aliphatic rings. The van der Waals surface area contributed by atoms with Gasteiger partial charge in [-0.25, -0.2) is 0 Å². The smallest absolute Gasteiger partial charge is 0.193 e. The van der Waals surface area contributed by atoms with E-state index in [9.17, 15) is 0 Å². The molecule has 0 bridgehead atoms. The quantitative estimate of drug-likeness (QED) is 0.685. The van der Waals surface area contributed by atoms with E-state index in [1.165, 1.54) is 37.7 Å². The second-order valence-corrected chi connectivity index (χ2v) is 7.77. The first kappa shape index (κ1) is 15.9. The van der Waals surface area contributed by atoms with Crippen molar-refractivity contribution in [2.45, 2.75) is 38.1 Å². The van der Waals surface area contributed by atoms with Gasteiger partial charge in [0.2, 0.25) is 0 Å². The minimum absolute atomic E-state index is 0.475. The van der Waals surface area contributed by atoms with Crippen LogP contribution < -0.4 is 5.32 Å². The van der Waals surface area contributed by atoms with Gasteiger partial charge in [-0.05, 0) is 49.0 Å². The Bertz CT molecular complexity index is 580. The van der Waals surface area contributed by atoms with Crippen LogP contribution in [0.5, 0.6) is 0 Å². The number of rotatable bonds is 3. The van der Waals surface area contributed by atoms with E-state index < -0.39 is 0 Å². The molecule has 2 heterocycles. The van der Waals surface area contributed by atoms with Crippen LogP contribution in [0.15, 0.2) is 35.3 Å². The van der Waals surface area contributed by atoms with Gasteiger partial charge in [-0.1, -0.05) is 30.3 Å². The van der Waals surface area contributed by atoms with E-state index in [0.717, 1.165) is 38.2 Å². The van der Waals surface area contributed by atoms with Crippen molar-refractivity contribution in [1.82, 2.24) is 10.2 Å². The number of hydrogen-bond acceptors (Lipinski definition) is 2. The van der Waals surface area contributed by atoms with E-state index in [1.54, 1.807) is 0 Å². The monoisotopic (exact) mass is 327 g/mol. The second-order valence-electron chi connectivity index (χ2n) is 7.77. The molecule has 1 saturated carbocycles. The third-order valence-corrected chi connectivity index (χ3v) is 6.08. The van der Waals surface area contributed by atoms with Crippen LogP contribution in [0, 0.1) is 11.3 Å². The van der Waals surface area contributed by atoms with Gasteiger partial charge < -0.3 is 15.0 Å². The summed E-state index contributed by atoms with van der Waals surface area (Å²) in [5.41, 5.74) is 1.92. The number of ether oxygens (including phenoxy) is 1. The Balaban J connectivity index is 1.30. The zero-order valence-corrected chi connectivity index (χ0v) is 14.7. The molecular weight excluding hydrogens is 298 g/mol. The van der Waals surface area contributed by atoms with Crippen molar-refractivity contribution in [3.05, 3.63) is 35.9 Å². The number of nitrogens with one attached hydrogen (secondary N) is 1. The Kier molecular flexibility index (Phi) is 4.49. The maximum Gasteiger partial charge on any atom is 0.193 e. The lowest BCUT2D eigenvalue weighted by atomic mass is 9.80. The van der Waals surface area contributed by atoms with Crippen LogP contribution in [0.1, 0.15) is 31.2 Å². The Morgan fingerprint density at radius 2 is 2.04 bits per heavy atom. The van der Waals surface area contributed by atoms with Gasteiger partial charge in [-0.15, -0.1) is 0 Å². The van der Waals surface area contributed by atoms with Crippen molar-refractivity contribution in [1.29, 1.82) is 0 Å². The van der Waals surface area contributed by atoms with Gasteiger partial charge in [0.25, 0.3) is 0 Å².